The van der Waals surface area contributed by atoms with Crippen molar-refractivity contribution in [2.45, 2.75) is 0 Å². The maximum absolute atomic E-state index is 9.63. The van der Waals surface area contributed by atoms with Gasteiger partial charge < -0.3 is 0 Å². The monoisotopic (exact) mass is 229 g/mol. The van der Waals surface area contributed by atoms with Gasteiger partial charge in [-0.3, -0.25) is 0 Å². The summed E-state index contributed by atoms with van der Waals surface area (Å²) in [6, 6.07) is 8.13. The summed E-state index contributed by atoms with van der Waals surface area (Å²) in [6.07, 6.45) is 2.32. The maximum atomic E-state index is 9.63. The van der Waals surface area contributed by atoms with Crippen LogP contribution in [0, 0.1) is 0 Å². The smallest absolute Gasteiger partial charge is 0.144 e. The number of aromatic nitrogens is 1. The number of thiazole rings is 1. The van der Waals surface area contributed by atoms with Crippen LogP contribution in [0.5, 0.6) is 0 Å². The van der Waals surface area contributed by atoms with E-state index in [0.717, 1.165) is 18.0 Å². The Kier molecular flexibility index (Phi) is 3.60. The molecule has 2 aromatic rings. The number of hydrogen-bond acceptors (Lipinski definition) is 4. The van der Waals surface area contributed by atoms with Crippen LogP contribution in [0.25, 0.3) is 10.2 Å². The van der Waals surface area contributed by atoms with E-state index in [0.29, 0.717) is 0 Å². The molecular weight excluding hydrogens is 218 g/mol. The first kappa shape index (κ1) is 11.1. The summed E-state index contributed by atoms with van der Waals surface area (Å²) in [7, 11) is -2.67. The van der Waals surface area contributed by atoms with Gasteiger partial charge in [0.15, 0.2) is 0 Å². The fourth-order valence-electron chi connectivity index (χ4n) is 0.803. The summed E-state index contributed by atoms with van der Waals surface area (Å²) in [6.45, 7) is 0. The Bertz CT molecular complexity index is 464. The molecule has 0 radical (unpaired) electrons. The van der Waals surface area contributed by atoms with E-state index in [-0.39, 0.29) is 0 Å². The van der Waals surface area contributed by atoms with E-state index in [1.165, 1.54) is 4.70 Å². The fraction of sp³-hybridized carbons (Fsp3) is 0.222. The number of fused-ring (bicyclic) bond motifs is 1. The summed E-state index contributed by atoms with van der Waals surface area (Å²) in [5.74, 6) is 0. The highest BCUT2D eigenvalue weighted by Gasteiger charge is 1.89. The molecule has 0 aliphatic carbocycles. The second kappa shape index (κ2) is 4.52. The summed E-state index contributed by atoms with van der Waals surface area (Å²) < 4.78 is 20.5. The molecule has 14 heavy (non-hydrogen) atoms. The molecule has 0 unspecified atom stereocenters. The third-order valence-corrected chi connectivity index (χ3v) is 2.05. The number of hydrogen-bond donors (Lipinski definition) is 0. The Labute approximate surface area is 87.3 Å². The van der Waals surface area contributed by atoms with Crippen LogP contribution < -0.4 is 0 Å². The Hall–Kier alpha value is -0.940. The predicted octanol–water partition coefficient (Wildman–Crippen LogP) is 1.96. The lowest BCUT2D eigenvalue weighted by molar-refractivity contribution is 0.607. The minimum atomic E-state index is -2.67. The molecule has 0 fully saturated rings. The Morgan fingerprint density at radius 1 is 1.21 bits per heavy atom. The molecule has 1 aromatic heterocycles. The summed E-state index contributed by atoms with van der Waals surface area (Å²) in [4.78, 5) is 4.14. The highest BCUT2D eigenvalue weighted by molar-refractivity contribution is 7.89. The fourth-order valence-corrected chi connectivity index (χ4v) is 1.48. The van der Waals surface area contributed by atoms with Gasteiger partial charge in [-0.1, -0.05) is 12.1 Å². The van der Waals surface area contributed by atoms with Gasteiger partial charge in [-0.05, 0) is 12.1 Å². The van der Waals surface area contributed by atoms with Gasteiger partial charge >= 0.3 is 0 Å². The third-order valence-electron chi connectivity index (χ3n) is 1.24. The molecule has 76 valence electrons. The van der Waals surface area contributed by atoms with Crippen molar-refractivity contribution >= 4 is 31.4 Å². The lowest BCUT2D eigenvalue weighted by atomic mass is 10.3. The molecule has 1 aromatic carbocycles. The van der Waals surface area contributed by atoms with Crippen molar-refractivity contribution in [3.8, 4) is 0 Å². The topological polar surface area (TPSA) is 47.0 Å². The standard InChI is InChI=1S/C7H5NS.C2H6O2S/c1-2-4-7-6(3-1)8-5-9-7;1-5(2,3)4/h1-5H;1-2H3. The second-order valence-corrected chi connectivity index (χ2v) is 6.14. The van der Waals surface area contributed by atoms with Gasteiger partial charge in [0.1, 0.15) is 9.84 Å². The summed E-state index contributed by atoms with van der Waals surface area (Å²) >= 11 is 1.68. The van der Waals surface area contributed by atoms with Crippen LogP contribution in [-0.2, 0) is 9.84 Å². The van der Waals surface area contributed by atoms with Crippen LogP contribution in [0.1, 0.15) is 0 Å². The van der Waals surface area contributed by atoms with E-state index in [1.54, 1.807) is 11.3 Å². The zero-order valence-electron chi connectivity index (χ0n) is 7.97. The van der Waals surface area contributed by atoms with E-state index in [1.807, 2.05) is 23.7 Å². The number of rotatable bonds is 0. The van der Waals surface area contributed by atoms with Gasteiger partial charge in [0.25, 0.3) is 0 Å². The molecule has 3 nitrogen and oxygen atoms in total. The average molecular weight is 229 g/mol. The van der Waals surface area contributed by atoms with Gasteiger partial charge in [-0.2, -0.15) is 0 Å². The molecule has 0 aliphatic rings. The zero-order chi connectivity index (χ0) is 10.6. The molecule has 0 spiro atoms. The second-order valence-electron chi connectivity index (χ2n) is 2.96. The molecule has 1 heterocycles. The van der Waals surface area contributed by atoms with E-state index in [2.05, 4.69) is 11.1 Å². The lowest BCUT2D eigenvalue weighted by Gasteiger charge is -1.80. The van der Waals surface area contributed by atoms with Crippen molar-refractivity contribution in [2.24, 2.45) is 0 Å². The highest BCUT2D eigenvalue weighted by Crippen LogP contribution is 2.15. The van der Waals surface area contributed by atoms with Crippen LogP contribution in [0.3, 0.4) is 0 Å². The van der Waals surface area contributed by atoms with Crippen molar-refractivity contribution in [1.29, 1.82) is 0 Å². The molecule has 0 saturated carbocycles. The molecule has 0 atom stereocenters. The van der Waals surface area contributed by atoms with Crippen LogP contribution >= 0.6 is 11.3 Å². The van der Waals surface area contributed by atoms with Gasteiger partial charge in [-0.25, -0.2) is 13.4 Å². The minimum Gasteiger partial charge on any atom is -0.245 e. The first-order valence-corrected chi connectivity index (χ1v) is 7.08. The zero-order valence-corrected chi connectivity index (χ0v) is 9.60. The van der Waals surface area contributed by atoms with Crippen molar-refractivity contribution in [3.63, 3.8) is 0 Å². The molecular formula is C9H11NO2S2. The molecule has 0 N–H and O–H groups in total. The van der Waals surface area contributed by atoms with E-state index >= 15 is 0 Å². The highest BCUT2D eigenvalue weighted by atomic mass is 32.2. The Morgan fingerprint density at radius 3 is 2.36 bits per heavy atom. The number of benzene rings is 1. The van der Waals surface area contributed by atoms with Crippen LogP contribution in [0.2, 0.25) is 0 Å². The van der Waals surface area contributed by atoms with Crippen LogP contribution in [0.4, 0.5) is 0 Å². The van der Waals surface area contributed by atoms with Gasteiger partial charge in [-0.15, -0.1) is 11.3 Å². The first-order valence-electron chi connectivity index (χ1n) is 3.90. The number of sulfone groups is 1. The van der Waals surface area contributed by atoms with Crippen molar-refractivity contribution < 1.29 is 8.42 Å². The van der Waals surface area contributed by atoms with E-state index in [9.17, 15) is 8.42 Å². The van der Waals surface area contributed by atoms with Crippen molar-refractivity contribution in [3.05, 3.63) is 29.8 Å². The Morgan fingerprint density at radius 2 is 1.79 bits per heavy atom. The SMILES string of the molecule is CS(C)(=O)=O.c1ccc2scnc2c1. The summed E-state index contributed by atoms with van der Waals surface area (Å²) in [5, 5.41) is 0. The van der Waals surface area contributed by atoms with Gasteiger partial charge in [0.05, 0.1) is 15.7 Å². The normalized spacial score (nSPS) is 10.7. The molecule has 0 aliphatic heterocycles. The molecule has 0 saturated heterocycles. The largest absolute Gasteiger partial charge is 0.245 e. The Balaban J connectivity index is 0.000000171. The molecule has 0 bridgehead atoms. The van der Waals surface area contributed by atoms with E-state index < -0.39 is 9.84 Å². The first-order chi connectivity index (χ1) is 6.47. The van der Waals surface area contributed by atoms with E-state index in [4.69, 9.17) is 0 Å². The number of nitrogens with zero attached hydrogens (tertiary/aromatic N) is 1. The van der Waals surface area contributed by atoms with Crippen LogP contribution in [0.15, 0.2) is 29.8 Å². The lowest BCUT2D eigenvalue weighted by Crippen LogP contribution is -1.86. The molecule has 5 heteroatoms. The van der Waals surface area contributed by atoms with Gasteiger partial charge in [0, 0.05) is 12.5 Å². The van der Waals surface area contributed by atoms with Crippen molar-refractivity contribution in [1.82, 2.24) is 4.98 Å². The predicted molar refractivity (Wildman–Crippen MR) is 60.4 cm³/mol. The van der Waals surface area contributed by atoms with Gasteiger partial charge in [0.2, 0.25) is 0 Å². The van der Waals surface area contributed by atoms with Crippen molar-refractivity contribution in [2.75, 3.05) is 12.5 Å². The quantitative estimate of drug-likeness (QED) is 0.693. The third kappa shape index (κ3) is 4.34. The number of para-hydroxylation sites is 1. The van der Waals surface area contributed by atoms with Crippen LogP contribution in [-0.4, -0.2) is 25.9 Å². The maximum Gasteiger partial charge on any atom is 0.144 e. The minimum absolute atomic E-state index is 1.10. The molecule has 0 amide bonds. The summed E-state index contributed by atoms with van der Waals surface area (Å²) in [5.41, 5.74) is 2.97. The molecule has 2 rings (SSSR count). The average Bonchev–Trinajstić information content (AvgIpc) is 2.47.